The molecule has 0 heterocycles. The van der Waals surface area contributed by atoms with Gasteiger partial charge in [0.15, 0.2) is 0 Å². The number of carboxylic acids is 1. The largest absolute Gasteiger partial charge is 0.494 e. The lowest BCUT2D eigenvalue weighted by atomic mass is 9.86. The molecule has 1 fully saturated rings. The van der Waals surface area contributed by atoms with Crippen LogP contribution in [0.25, 0.3) is 0 Å². The van der Waals surface area contributed by atoms with E-state index in [4.69, 9.17) is 9.84 Å². The smallest absolute Gasteiger partial charge is 0.315 e. The third kappa shape index (κ3) is 7.12. The van der Waals surface area contributed by atoms with Gasteiger partial charge in [-0.15, -0.1) is 0 Å². The van der Waals surface area contributed by atoms with Gasteiger partial charge in [0.25, 0.3) is 0 Å². The molecule has 0 saturated heterocycles. The third-order valence-corrected chi connectivity index (χ3v) is 5.10. The number of amides is 2. The molecule has 1 aromatic rings. The first-order valence-corrected chi connectivity index (χ1v) is 9.87. The molecule has 1 aliphatic carbocycles. The molecule has 1 aliphatic rings. The number of carbonyl (C=O) groups is 2. The number of carboxylic acid groups (broad SMARTS) is 1. The number of hydrogen-bond donors (Lipinski definition) is 3. The van der Waals surface area contributed by atoms with E-state index in [9.17, 15) is 9.59 Å². The van der Waals surface area contributed by atoms with E-state index in [1.807, 2.05) is 31.2 Å². The Labute approximate surface area is 161 Å². The zero-order chi connectivity index (χ0) is 19.8. The minimum Gasteiger partial charge on any atom is -0.494 e. The number of rotatable bonds is 8. The van der Waals surface area contributed by atoms with Crippen LogP contribution < -0.4 is 15.4 Å². The van der Waals surface area contributed by atoms with Crippen molar-refractivity contribution in [2.24, 2.45) is 11.8 Å². The minimum absolute atomic E-state index is 0.0459. The van der Waals surface area contributed by atoms with Gasteiger partial charge in [0.1, 0.15) is 5.75 Å². The molecule has 2 rings (SSSR count). The summed E-state index contributed by atoms with van der Waals surface area (Å²) >= 11 is 0. The van der Waals surface area contributed by atoms with Crippen molar-refractivity contribution < 1.29 is 19.4 Å². The second kappa shape index (κ2) is 10.2. The van der Waals surface area contributed by atoms with Gasteiger partial charge in [0.05, 0.1) is 18.6 Å². The minimum atomic E-state index is -0.733. The van der Waals surface area contributed by atoms with E-state index in [-0.39, 0.29) is 24.0 Å². The van der Waals surface area contributed by atoms with E-state index < -0.39 is 5.97 Å². The molecule has 1 atom stereocenters. The molecular formula is C21H32N2O4. The fraction of sp³-hybridized carbons (Fsp3) is 0.619. The average Bonchev–Trinajstić information content (AvgIpc) is 2.62. The molecule has 1 unspecified atom stereocenters. The van der Waals surface area contributed by atoms with Crippen LogP contribution in [0.15, 0.2) is 24.3 Å². The van der Waals surface area contributed by atoms with Gasteiger partial charge in [0, 0.05) is 6.04 Å². The second-order valence-corrected chi connectivity index (χ2v) is 7.83. The van der Waals surface area contributed by atoms with E-state index in [1.165, 1.54) is 0 Å². The van der Waals surface area contributed by atoms with Crippen molar-refractivity contribution in [2.75, 3.05) is 6.61 Å². The summed E-state index contributed by atoms with van der Waals surface area (Å²) in [6.07, 6.45) is 3.68. The van der Waals surface area contributed by atoms with Crippen LogP contribution in [-0.2, 0) is 4.79 Å². The van der Waals surface area contributed by atoms with Crippen molar-refractivity contribution in [1.29, 1.82) is 0 Å². The van der Waals surface area contributed by atoms with E-state index >= 15 is 0 Å². The Morgan fingerprint density at radius 2 is 1.74 bits per heavy atom. The van der Waals surface area contributed by atoms with E-state index in [2.05, 4.69) is 24.5 Å². The number of benzene rings is 1. The molecule has 6 heteroatoms. The van der Waals surface area contributed by atoms with Gasteiger partial charge in [-0.25, -0.2) is 4.79 Å². The standard InChI is InChI=1S/C21H32N2O4/c1-14(2)12-13-27-19-10-6-16(7-11-19)15(3)22-21(26)23-18-8-4-17(5-9-18)20(24)25/h6-7,10-11,14-15,17-18H,4-5,8-9,12-13H2,1-3H3,(H,24,25)(H2,22,23,26). The lowest BCUT2D eigenvalue weighted by Gasteiger charge is -2.27. The Bertz CT molecular complexity index is 607. The highest BCUT2D eigenvalue weighted by Gasteiger charge is 2.26. The predicted molar refractivity (Wildman–Crippen MR) is 105 cm³/mol. The van der Waals surface area contributed by atoms with Crippen LogP contribution in [0.2, 0.25) is 0 Å². The molecular weight excluding hydrogens is 344 g/mol. The Kier molecular flexibility index (Phi) is 7.95. The summed E-state index contributed by atoms with van der Waals surface area (Å²) in [4.78, 5) is 23.2. The molecule has 0 spiro atoms. The number of carbonyl (C=O) groups excluding carboxylic acids is 1. The van der Waals surface area contributed by atoms with Gasteiger partial charge in [-0.1, -0.05) is 26.0 Å². The molecule has 0 aliphatic heterocycles. The van der Waals surface area contributed by atoms with Gasteiger partial charge in [-0.05, 0) is 62.6 Å². The number of aliphatic carboxylic acids is 1. The summed E-state index contributed by atoms with van der Waals surface area (Å²) in [5.41, 5.74) is 1.01. The molecule has 2 amide bonds. The molecule has 6 nitrogen and oxygen atoms in total. The summed E-state index contributed by atoms with van der Waals surface area (Å²) in [7, 11) is 0. The third-order valence-electron chi connectivity index (χ3n) is 5.10. The molecule has 3 N–H and O–H groups in total. The van der Waals surface area contributed by atoms with Crippen LogP contribution in [0.5, 0.6) is 5.75 Å². The van der Waals surface area contributed by atoms with Crippen LogP contribution in [0.1, 0.15) is 64.5 Å². The highest BCUT2D eigenvalue weighted by Crippen LogP contribution is 2.24. The maximum absolute atomic E-state index is 12.2. The molecule has 150 valence electrons. The Morgan fingerprint density at radius 3 is 2.30 bits per heavy atom. The number of nitrogens with one attached hydrogen (secondary N) is 2. The summed E-state index contributed by atoms with van der Waals surface area (Å²) in [5.74, 6) is 0.451. The van der Waals surface area contributed by atoms with Crippen LogP contribution in [0.4, 0.5) is 4.79 Å². The van der Waals surface area contributed by atoms with E-state index in [1.54, 1.807) is 0 Å². The summed E-state index contributed by atoms with van der Waals surface area (Å²) < 4.78 is 5.72. The molecule has 0 aromatic heterocycles. The van der Waals surface area contributed by atoms with Crippen LogP contribution in [0, 0.1) is 11.8 Å². The highest BCUT2D eigenvalue weighted by molar-refractivity contribution is 5.75. The Hall–Kier alpha value is -2.24. The Balaban J connectivity index is 1.75. The summed E-state index contributed by atoms with van der Waals surface area (Å²) in [6.45, 7) is 6.98. The number of ether oxygens (including phenoxy) is 1. The average molecular weight is 376 g/mol. The van der Waals surface area contributed by atoms with Crippen molar-refractivity contribution in [3.63, 3.8) is 0 Å². The Morgan fingerprint density at radius 1 is 1.11 bits per heavy atom. The van der Waals surface area contributed by atoms with Crippen LogP contribution >= 0.6 is 0 Å². The van der Waals surface area contributed by atoms with Gasteiger partial charge < -0.3 is 20.5 Å². The zero-order valence-corrected chi connectivity index (χ0v) is 16.5. The maximum atomic E-state index is 12.2. The monoisotopic (exact) mass is 376 g/mol. The second-order valence-electron chi connectivity index (χ2n) is 7.83. The van der Waals surface area contributed by atoms with Gasteiger partial charge in [-0.2, -0.15) is 0 Å². The van der Waals surface area contributed by atoms with E-state index in [0.29, 0.717) is 38.2 Å². The van der Waals surface area contributed by atoms with Crippen LogP contribution in [-0.4, -0.2) is 29.8 Å². The van der Waals surface area contributed by atoms with Crippen molar-refractivity contribution in [2.45, 2.75) is 65.0 Å². The van der Waals surface area contributed by atoms with Crippen molar-refractivity contribution in [3.05, 3.63) is 29.8 Å². The molecule has 1 saturated carbocycles. The maximum Gasteiger partial charge on any atom is 0.315 e. The van der Waals surface area contributed by atoms with Crippen molar-refractivity contribution in [1.82, 2.24) is 10.6 Å². The van der Waals surface area contributed by atoms with Crippen molar-refractivity contribution in [3.8, 4) is 5.75 Å². The first kappa shape index (κ1) is 21.1. The topological polar surface area (TPSA) is 87.7 Å². The SMILES string of the molecule is CC(C)CCOc1ccc(C(C)NC(=O)NC2CCC(C(=O)O)CC2)cc1. The van der Waals surface area contributed by atoms with Gasteiger partial charge in [-0.3, -0.25) is 4.79 Å². The summed E-state index contributed by atoms with van der Waals surface area (Å²) in [5, 5.41) is 14.9. The molecule has 0 radical (unpaired) electrons. The van der Waals surface area contributed by atoms with Crippen LogP contribution in [0.3, 0.4) is 0 Å². The van der Waals surface area contributed by atoms with E-state index in [0.717, 1.165) is 17.7 Å². The first-order valence-electron chi connectivity index (χ1n) is 9.87. The quantitative estimate of drug-likeness (QED) is 0.637. The lowest BCUT2D eigenvalue weighted by Crippen LogP contribution is -2.44. The first-order chi connectivity index (χ1) is 12.8. The molecule has 0 bridgehead atoms. The number of hydrogen-bond acceptors (Lipinski definition) is 3. The highest BCUT2D eigenvalue weighted by atomic mass is 16.5. The number of urea groups is 1. The predicted octanol–water partition coefficient (Wildman–Crippen LogP) is 4.12. The summed E-state index contributed by atoms with van der Waals surface area (Å²) in [6, 6.07) is 7.51. The fourth-order valence-electron chi connectivity index (χ4n) is 3.26. The van der Waals surface area contributed by atoms with Gasteiger partial charge >= 0.3 is 12.0 Å². The normalized spacial score (nSPS) is 20.7. The van der Waals surface area contributed by atoms with Crippen molar-refractivity contribution >= 4 is 12.0 Å². The molecule has 1 aromatic carbocycles. The fourth-order valence-corrected chi connectivity index (χ4v) is 3.26. The lowest BCUT2D eigenvalue weighted by molar-refractivity contribution is -0.142. The van der Waals surface area contributed by atoms with Gasteiger partial charge in [0.2, 0.25) is 0 Å². The molecule has 27 heavy (non-hydrogen) atoms. The zero-order valence-electron chi connectivity index (χ0n) is 16.5.